The Labute approximate surface area is 342 Å². The zero-order valence-corrected chi connectivity index (χ0v) is 33.2. The largest absolute Gasteiger partial charge is 0.490 e. The SMILES string of the molecule is CC(C)(C)OC(=O)NCC1CCC(C(=O)N(c2ccc(-c3nn[nH]n3)cc2)[C@@H](Cc2ccc(-c3ccnc(N4CCOCC4)c3F)cc2)C(N)=O)CC1.O=C(O)C(F)(F)F. The molecule has 3 amide bonds. The van der Waals surface area contributed by atoms with Crippen LogP contribution >= 0.6 is 0 Å². The van der Waals surface area contributed by atoms with Gasteiger partial charge in [-0.15, -0.1) is 10.2 Å². The smallest absolute Gasteiger partial charge is 0.475 e. The highest BCUT2D eigenvalue weighted by molar-refractivity contribution is 6.01. The van der Waals surface area contributed by atoms with Gasteiger partial charge >= 0.3 is 18.2 Å². The van der Waals surface area contributed by atoms with Gasteiger partial charge in [-0.1, -0.05) is 24.3 Å². The van der Waals surface area contributed by atoms with Crippen molar-refractivity contribution in [2.45, 2.75) is 70.7 Å². The average molecular weight is 842 g/mol. The van der Waals surface area contributed by atoms with Gasteiger partial charge in [-0.2, -0.15) is 18.4 Å². The molecular weight excluding hydrogens is 794 g/mol. The minimum absolute atomic E-state index is 0.140. The van der Waals surface area contributed by atoms with Crippen molar-refractivity contribution in [1.82, 2.24) is 30.9 Å². The minimum atomic E-state index is -5.08. The number of hydrogen-bond donors (Lipinski definition) is 4. The predicted octanol–water partition coefficient (Wildman–Crippen LogP) is 5.30. The number of carbonyl (C=O) groups excluding carboxylic acids is 3. The van der Waals surface area contributed by atoms with E-state index in [0.717, 1.165) is 18.4 Å². The van der Waals surface area contributed by atoms with Crippen LogP contribution in [0, 0.1) is 17.7 Å². The molecule has 1 aliphatic carbocycles. The molecule has 2 aliphatic rings. The molecule has 6 rings (SSSR count). The summed E-state index contributed by atoms with van der Waals surface area (Å²) in [6.07, 6.45) is -1.20. The Kier molecular flexibility index (Phi) is 14.8. The molecular formula is C40H47F4N9O7. The van der Waals surface area contributed by atoms with Crippen LogP contribution in [0.15, 0.2) is 60.8 Å². The van der Waals surface area contributed by atoms with Crippen molar-refractivity contribution in [3.05, 3.63) is 72.2 Å². The van der Waals surface area contributed by atoms with Crippen molar-refractivity contribution in [3.63, 3.8) is 0 Å². The lowest BCUT2D eigenvalue weighted by Gasteiger charge is -2.36. The highest BCUT2D eigenvalue weighted by atomic mass is 19.4. The third-order valence-corrected chi connectivity index (χ3v) is 9.87. The Morgan fingerprint density at radius 1 is 0.983 bits per heavy atom. The quantitative estimate of drug-likeness (QED) is 0.142. The molecule has 1 saturated carbocycles. The summed E-state index contributed by atoms with van der Waals surface area (Å²) in [4.78, 5) is 56.5. The first-order valence-corrected chi connectivity index (χ1v) is 19.2. The number of carboxylic acid groups (broad SMARTS) is 1. The molecule has 16 nitrogen and oxygen atoms in total. The standard InChI is InChI=1S/C38H46FN9O5.C2HF3O2/c1-38(2,3)53-37(51)42-23-25-6-10-28(11-7-25)36(50)48(29-14-12-27(13-15-29)34-43-45-46-44-34)31(33(40)49)22-24-4-8-26(9-5-24)30-16-17-41-35(32(30)39)47-18-20-52-21-19-47;3-2(4,5)1(6)7/h4-5,8-9,12-17,25,28,31H,6-7,10-11,18-23H2,1-3H3,(H2,40,49)(H,42,51)(H,43,44,45,46);(H,6,7)/t25?,28?,31-;/m0./s1. The zero-order valence-electron chi connectivity index (χ0n) is 33.2. The lowest BCUT2D eigenvalue weighted by Crippen LogP contribution is -2.52. The van der Waals surface area contributed by atoms with Gasteiger partial charge in [0.05, 0.1) is 13.2 Å². The van der Waals surface area contributed by atoms with Gasteiger partial charge in [-0.05, 0) is 99.0 Å². The van der Waals surface area contributed by atoms with Gasteiger partial charge in [0, 0.05) is 55.0 Å². The van der Waals surface area contributed by atoms with Gasteiger partial charge in [-0.25, -0.2) is 19.0 Å². The number of aromatic nitrogens is 5. The lowest BCUT2D eigenvalue weighted by atomic mass is 9.81. The molecule has 5 N–H and O–H groups in total. The predicted molar refractivity (Wildman–Crippen MR) is 210 cm³/mol. The minimum Gasteiger partial charge on any atom is -0.475 e. The number of aliphatic carboxylic acids is 1. The summed E-state index contributed by atoms with van der Waals surface area (Å²) < 4.78 is 58.2. The second kappa shape index (κ2) is 19.7. The van der Waals surface area contributed by atoms with Crippen LogP contribution < -0.4 is 20.9 Å². The first kappa shape index (κ1) is 44.9. The van der Waals surface area contributed by atoms with Crippen LogP contribution in [0.3, 0.4) is 0 Å². The van der Waals surface area contributed by atoms with Gasteiger partial charge in [0.25, 0.3) is 0 Å². The van der Waals surface area contributed by atoms with E-state index in [1.807, 2.05) is 37.8 Å². The van der Waals surface area contributed by atoms with Crippen molar-refractivity contribution in [2.75, 3.05) is 42.6 Å². The van der Waals surface area contributed by atoms with E-state index in [0.29, 0.717) is 73.9 Å². The number of nitrogens with one attached hydrogen (secondary N) is 2. The maximum Gasteiger partial charge on any atom is 0.490 e. The number of carbonyl (C=O) groups is 4. The molecule has 0 spiro atoms. The zero-order chi connectivity index (χ0) is 43.6. The summed E-state index contributed by atoms with van der Waals surface area (Å²) in [5, 5.41) is 24.1. The number of nitrogens with zero attached hydrogens (tertiary/aromatic N) is 6. The Hall–Kier alpha value is -6.18. The van der Waals surface area contributed by atoms with E-state index in [2.05, 4.69) is 30.9 Å². The number of ether oxygens (including phenoxy) is 2. The molecule has 20 heteroatoms. The monoisotopic (exact) mass is 841 g/mol. The summed E-state index contributed by atoms with van der Waals surface area (Å²) in [6, 6.07) is 14.9. The lowest BCUT2D eigenvalue weighted by molar-refractivity contribution is -0.192. The number of amides is 3. The molecule has 1 saturated heterocycles. The number of tetrazole rings is 1. The number of morpholine rings is 1. The molecule has 60 heavy (non-hydrogen) atoms. The molecule has 2 fully saturated rings. The van der Waals surface area contributed by atoms with E-state index in [1.165, 1.54) is 4.90 Å². The van der Waals surface area contributed by atoms with E-state index in [1.54, 1.807) is 48.7 Å². The number of hydrogen-bond acceptors (Lipinski definition) is 11. The maximum atomic E-state index is 15.7. The normalized spacial score (nSPS) is 17.4. The summed E-state index contributed by atoms with van der Waals surface area (Å²) in [6.45, 7) is 8.03. The van der Waals surface area contributed by atoms with Crippen LogP contribution in [0.25, 0.3) is 22.5 Å². The molecule has 1 aliphatic heterocycles. The number of rotatable bonds is 11. The number of H-pyrrole nitrogens is 1. The van der Waals surface area contributed by atoms with Gasteiger partial charge < -0.3 is 30.5 Å². The Balaban J connectivity index is 0.000000896. The number of alkyl carbamates (subject to hydrolysis) is 1. The fourth-order valence-corrected chi connectivity index (χ4v) is 6.88. The number of halogens is 4. The number of pyridine rings is 1. The first-order chi connectivity index (χ1) is 28.4. The van der Waals surface area contributed by atoms with Crippen LogP contribution in [0.4, 0.5) is 33.9 Å². The molecule has 0 unspecified atom stereocenters. The highest BCUT2D eigenvalue weighted by Crippen LogP contribution is 2.34. The molecule has 0 radical (unpaired) electrons. The second-order valence-corrected chi connectivity index (χ2v) is 15.3. The van der Waals surface area contributed by atoms with Crippen LogP contribution in [0.2, 0.25) is 0 Å². The number of aromatic amines is 1. The van der Waals surface area contributed by atoms with Crippen LogP contribution in [0.1, 0.15) is 52.0 Å². The molecule has 3 heterocycles. The first-order valence-electron chi connectivity index (χ1n) is 19.2. The molecule has 2 aromatic heterocycles. The van der Waals surface area contributed by atoms with Crippen molar-refractivity contribution in [2.24, 2.45) is 17.6 Å². The maximum absolute atomic E-state index is 15.7. The number of primary amides is 1. The van der Waals surface area contributed by atoms with Crippen LogP contribution in [-0.2, 0) is 30.3 Å². The fourth-order valence-electron chi connectivity index (χ4n) is 6.88. The van der Waals surface area contributed by atoms with Gasteiger partial charge in [0.15, 0.2) is 11.6 Å². The van der Waals surface area contributed by atoms with Crippen LogP contribution in [-0.4, -0.2) is 105 Å². The number of nitrogens with two attached hydrogens (primary N) is 1. The van der Waals surface area contributed by atoms with Crippen molar-refractivity contribution < 1.29 is 51.3 Å². The molecule has 1 atom stereocenters. The Morgan fingerprint density at radius 3 is 2.15 bits per heavy atom. The van der Waals surface area contributed by atoms with Crippen molar-refractivity contribution in [1.29, 1.82) is 0 Å². The Morgan fingerprint density at radius 2 is 1.60 bits per heavy atom. The summed E-state index contributed by atoms with van der Waals surface area (Å²) in [5.74, 6) is -3.51. The summed E-state index contributed by atoms with van der Waals surface area (Å²) in [7, 11) is 0. The van der Waals surface area contributed by atoms with E-state index >= 15 is 4.39 Å². The average Bonchev–Trinajstić information content (AvgIpc) is 3.76. The number of alkyl halides is 3. The summed E-state index contributed by atoms with van der Waals surface area (Å²) >= 11 is 0. The van der Waals surface area contributed by atoms with Gasteiger partial charge in [-0.3, -0.25) is 14.5 Å². The van der Waals surface area contributed by atoms with Gasteiger partial charge in [0.1, 0.15) is 11.6 Å². The van der Waals surface area contributed by atoms with E-state index in [-0.39, 0.29) is 30.0 Å². The Bertz CT molecular complexity index is 2070. The van der Waals surface area contributed by atoms with E-state index in [9.17, 15) is 27.6 Å². The third-order valence-electron chi connectivity index (χ3n) is 9.87. The molecule has 4 aromatic rings. The number of anilines is 2. The number of benzene rings is 2. The second-order valence-electron chi connectivity index (χ2n) is 15.3. The van der Waals surface area contributed by atoms with Crippen molar-refractivity contribution >= 4 is 35.4 Å². The topological polar surface area (TPSA) is 219 Å². The van der Waals surface area contributed by atoms with E-state index < -0.39 is 41.6 Å². The molecule has 322 valence electrons. The van der Waals surface area contributed by atoms with E-state index in [4.69, 9.17) is 25.1 Å². The van der Waals surface area contributed by atoms with Gasteiger partial charge in [0.2, 0.25) is 17.6 Å². The molecule has 2 aromatic carbocycles. The van der Waals surface area contributed by atoms with Crippen molar-refractivity contribution in [3.8, 4) is 22.5 Å². The summed E-state index contributed by atoms with van der Waals surface area (Å²) in [5.41, 5.74) is 8.48. The number of carboxylic acids is 1. The highest BCUT2D eigenvalue weighted by Gasteiger charge is 2.38. The third kappa shape index (κ3) is 12.2. The molecule has 0 bridgehead atoms. The van der Waals surface area contributed by atoms with Crippen LogP contribution in [0.5, 0.6) is 0 Å². The fraction of sp³-hybridized carbons (Fsp3) is 0.450.